The molecule has 0 aromatic heterocycles. The van der Waals surface area contributed by atoms with E-state index in [9.17, 15) is 0 Å². The normalized spacial score (nSPS) is 25.7. The van der Waals surface area contributed by atoms with Gasteiger partial charge in [0.05, 0.1) is 0 Å². The predicted molar refractivity (Wildman–Crippen MR) is 88.2 cm³/mol. The fourth-order valence-corrected chi connectivity index (χ4v) is 4.15. The number of piperidine rings is 1. The first-order valence-electron chi connectivity index (χ1n) is 8.33. The van der Waals surface area contributed by atoms with E-state index in [0.29, 0.717) is 6.04 Å². The Kier molecular flexibility index (Phi) is 3.52. The summed E-state index contributed by atoms with van der Waals surface area (Å²) in [5, 5.41) is 0. The van der Waals surface area contributed by atoms with Crippen LogP contribution in [0, 0.1) is 0 Å². The number of hydrogen-bond acceptors (Lipinski definition) is 1. The SMILES string of the molecule is c1ccc(-c2ccc([C@H]3CC[C@H]4CCCCN43)cc2)cc1. The number of rotatable bonds is 2. The second kappa shape index (κ2) is 5.65. The van der Waals surface area contributed by atoms with Crippen molar-refractivity contribution in [1.82, 2.24) is 4.90 Å². The lowest BCUT2D eigenvalue weighted by atomic mass is 9.99. The summed E-state index contributed by atoms with van der Waals surface area (Å²) >= 11 is 0. The first kappa shape index (κ1) is 13.1. The third-order valence-corrected chi connectivity index (χ3v) is 5.25. The van der Waals surface area contributed by atoms with Crippen molar-refractivity contribution in [2.45, 2.75) is 44.2 Å². The summed E-state index contributed by atoms with van der Waals surface area (Å²) in [6.45, 7) is 1.30. The zero-order valence-corrected chi connectivity index (χ0v) is 12.5. The Morgan fingerprint density at radius 3 is 2.29 bits per heavy atom. The van der Waals surface area contributed by atoms with E-state index in [1.54, 1.807) is 0 Å². The summed E-state index contributed by atoms with van der Waals surface area (Å²) in [5.74, 6) is 0. The van der Waals surface area contributed by atoms with E-state index in [2.05, 4.69) is 59.5 Å². The molecule has 2 saturated heterocycles. The maximum atomic E-state index is 2.76. The third kappa shape index (κ3) is 2.51. The van der Waals surface area contributed by atoms with Crippen LogP contribution in [-0.2, 0) is 0 Å². The van der Waals surface area contributed by atoms with E-state index < -0.39 is 0 Å². The Bertz CT molecular complexity index is 587. The van der Waals surface area contributed by atoms with Gasteiger partial charge in [0.15, 0.2) is 0 Å². The number of benzene rings is 2. The molecule has 0 aliphatic carbocycles. The average Bonchev–Trinajstić information content (AvgIpc) is 3.00. The Morgan fingerprint density at radius 2 is 1.48 bits per heavy atom. The standard InChI is InChI=1S/C20H23N/c1-2-6-16(7-3-1)17-9-11-18(12-10-17)20-14-13-19-8-4-5-15-21(19)20/h1-3,6-7,9-12,19-20H,4-5,8,13-15H2/t19-,20-/m1/s1. The second-order valence-corrected chi connectivity index (χ2v) is 6.47. The molecule has 2 aliphatic rings. The smallest absolute Gasteiger partial charge is 0.0351 e. The van der Waals surface area contributed by atoms with Crippen LogP contribution in [0.25, 0.3) is 11.1 Å². The Labute approximate surface area is 127 Å². The lowest BCUT2D eigenvalue weighted by Crippen LogP contribution is -2.35. The summed E-state index contributed by atoms with van der Waals surface area (Å²) in [6.07, 6.45) is 6.97. The minimum Gasteiger partial charge on any atom is -0.293 e. The molecule has 0 unspecified atom stereocenters. The highest BCUT2D eigenvalue weighted by molar-refractivity contribution is 5.63. The van der Waals surface area contributed by atoms with Gasteiger partial charge in [-0.3, -0.25) is 4.90 Å². The second-order valence-electron chi connectivity index (χ2n) is 6.47. The van der Waals surface area contributed by atoms with Crippen LogP contribution in [-0.4, -0.2) is 17.5 Å². The molecule has 2 atom stereocenters. The molecule has 2 fully saturated rings. The quantitative estimate of drug-likeness (QED) is 0.743. The van der Waals surface area contributed by atoms with E-state index in [1.165, 1.54) is 55.3 Å². The zero-order chi connectivity index (χ0) is 14.1. The molecular weight excluding hydrogens is 254 g/mol. The maximum absolute atomic E-state index is 2.76. The molecule has 0 N–H and O–H groups in total. The van der Waals surface area contributed by atoms with Gasteiger partial charge in [0.1, 0.15) is 0 Å². The van der Waals surface area contributed by atoms with Crippen molar-refractivity contribution in [2.24, 2.45) is 0 Å². The van der Waals surface area contributed by atoms with Gasteiger partial charge in [-0.1, -0.05) is 61.0 Å². The first-order chi connectivity index (χ1) is 10.4. The highest BCUT2D eigenvalue weighted by Crippen LogP contribution is 2.40. The van der Waals surface area contributed by atoms with Gasteiger partial charge in [-0.05, 0) is 48.9 Å². The summed E-state index contributed by atoms with van der Waals surface area (Å²) in [4.78, 5) is 2.76. The molecule has 108 valence electrons. The van der Waals surface area contributed by atoms with Gasteiger partial charge in [0.2, 0.25) is 0 Å². The fraction of sp³-hybridized carbons (Fsp3) is 0.400. The van der Waals surface area contributed by atoms with Gasteiger partial charge in [-0.2, -0.15) is 0 Å². The number of nitrogens with zero attached hydrogens (tertiary/aromatic N) is 1. The van der Waals surface area contributed by atoms with Gasteiger partial charge < -0.3 is 0 Å². The lowest BCUT2D eigenvalue weighted by Gasteiger charge is -2.34. The van der Waals surface area contributed by atoms with Crippen LogP contribution in [0.5, 0.6) is 0 Å². The van der Waals surface area contributed by atoms with E-state index in [4.69, 9.17) is 0 Å². The van der Waals surface area contributed by atoms with Crippen LogP contribution in [0.1, 0.15) is 43.7 Å². The zero-order valence-electron chi connectivity index (χ0n) is 12.5. The van der Waals surface area contributed by atoms with Crippen LogP contribution in [0.3, 0.4) is 0 Å². The van der Waals surface area contributed by atoms with Crippen LogP contribution in [0.4, 0.5) is 0 Å². The van der Waals surface area contributed by atoms with Gasteiger partial charge in [0.25, 0.3) is 0 Å². The summed E-state index contributed by atoms with van der Waals surface area (Å²) in [7, 11) is 0. The van der Waals surface area contributed by atoms with Gasteiger partial charge >= 0.3 is 0 Å². The molecule has 21 heavy (non-hydrogen) atoms. The molecule has 1 heteroatoms. The molecule has 2 aromatic rings. The topological polar surface area (TPSA) is 3.24 Å². The van der Waals surface area contributed by atoms with Crippen molar-refractivity contribution in [3.8, 4) is 11.1 Å². The van der Waals surface area contributed by atoms with Gasteiger partial charge in [-0.25, -0.2) is 0 Å². The molecule has 2 aromatic carbocycles. The van der Waals surface area contributed by atoms with Crippen molar-refractivity contribution in [3.63, 3.8) is 0 Å². The van der Waals surface area contributed by atoms with E-state index in [0.717, 1.165) is 6.04 Å². The third-order valence-electron chi connectivity index (χ3n) is 5.25. The lowest BCUT2D eigenvalue weighted by molar-refractivity contribution is 0.150. The summed E-state index contributed by atoms with van der Waals surface area (Å²) < 4.78 is 0. The Morgan fingerprint density at radius 1 is 0.714 bits per heavy atom. The fourth-order valence-electron chi connectivity index (χ4n) is 4.15. The van der Waals surface area contributed by atoms with Crippen LogP contribution in [0.15, 0.2) is 54.6 Å². The molecular formula is C20H23N. The van der Waals surface area contributed by atoms with Crippen molar-refractivity contribution >= 4 is 0 Å². The van der Waals surface area contributed by atoms with Crippen LogP contribution in [0.2, 0.25) is 0 Å². The highest BCUT2D eigenvalue weighted by atomic mass is 15.2. The summed E-state index contributed by atoms with van der Waals surface area (Å²) in [5.41, 5.74) is 4.15. The van der Waals surface area contributed by atoms with Gasteiger partial charge in [0, 0.05) is 12.1 Å². The number of hydrogen-bond donors (Lipinski definition) is 0. The largest absolute Gasteiger partial charge is 0.293 e. The monoisotopic (exact) mass is 277 g/mol. The molecule has 2 heterocycles. The molecule has 1 nitrogen and oxygen atoms in total. The van der Waals surface area contributed by atoms with Crippen molar-refractivity contribution < 1.29 is 0 Å². The minimum atomic E-state index is 0.667. The molecule has 0 bridgehead atoms. The van der Waals surface area contributed by atoms with Crippen LogP contribution < -0.4 is 0 Å². The Hall–Kier alpha value is -1.60. The van der Waals surface area contributed by atoms with Crippen molar-refractivity contribution in [3.05, 3.63) is 60.2 Å². The van der Waals surface area contributed by atoms with Gasteiger partial charge in [-0.15, -0.1) is 0 Å². The van der Waals surface area contributed by atoms with E-state index in [1.807, 2.05) is 0 Å². The molecule has 0 saturated carbocycles. The van der Waals surface area contributed by atoms with Crippen molar-refractivity contribution in [2.75, 3.05) is 6.54 Å². The molecule has 2 aliphatic heterocycles. The average molecular weight is 277 g/mol. The van der Waals surface area contributed by atoms with E-state index >= 15 is 0 Å². The van der Waals surface area contributed by atoms with E-state index in [-0.39, 0.29) is 0 Å². The molecule has 0 amide bonds. The molecule has 0 radical (unpaired) electrons. The maximum Gasteiger partial charge on any atom is 0.0351 e. The highest BCUT2D eigenvalue weighted by Gasteiger charge is 2.35. The van der Waals surface area contributed by atoms with Crippen LogP contribution >= 0.6 is 0 Å². The van der Waals surface area contributed by atoms with Crippen molar-refractivity contribution in [1.29, 1.82) is 0 Å². The number of fused-ring (bicyclic) bond motifs is 1. The predicted octanol–water partition coefficient (Wildman–Crippen LogP) is 5.04. The Balaban J connectivity index is 1.57. The first-order valence-corrected chi connectivity index (χ1v) is 8.33. The molecule has 4 rings (SSSR count). The summed E-state index contributed by atoms with van der Waals surface area (Å²) in [6, 6.07) is 21.5. The molecule has 0 spiro atoms. The minimum absolute atomic E-state index is 0.667.